The molecule has 5 nitrogen and oxygen atoms in total. The molecule has 0 aromatic heterocycles. The highest BCUT2D eigenvalue weighted by molar-refractivity contribution is 5.72. The largest absolute Gasteiger partial charge is 0.492 e. The third-order valence-electron chi connectivity index (χ3n) is 4.01. The SMILES string of the molecule is CCOC(=O)C1CCCN(CCCOc2ccccc2C#N)C1. The van der Waals surface area contributed by atoms with Crippen molar-refractivity contribution in [3.8, 4) is 11.8 Å². The van der Waals surface area contributed by atoms with Crippen LogP contribution in [0.3, 0.4) is 0 Å². The second-order valence-corrected chi connectivity index (χ2v) is 5.70. The van der Waals surface area contributed by atoms with Crippen molar-refractivity contribution in [3.63, 3.8) is 0 Å². The van der Waals surface area contributed by atoms with Gasteiger partial charge in [0.25, 0.3) is 0 Å². The van der Waals surface area contributed by atoms with E-state index in [0.29, 0.717) is 24.5 Å². The van der Waals surface area contributed by atoms with Gasteiger partial charge in [0.15, 0.2) is 0 Å². The maximum absolute atomic E-state index is 11.8. The second kappa shape index (κ2) is 9.16. The van der Waals surface area contributed by atoms with Crippen molar-refractivity contribution in [2.45, 2.75) is 26.2 Å². The standard InChI is InChI=1S/C18H24N2O3/c1-2-22-18(21)16-8-5-10-20(14-16)11-6-12-23-17-9-4-3-7-15(17)13-19/h3-4,7,9,16H,2,5-6,8,10-12,14H2,1H3. The van der Waals surface area contributed by atoms with Crippen molar-refractivity contribution < 1.29 is 14.3 Å². The van der Waals surface area contributed by atoms with Gasteiger partial charge in [0.2, 0.25) is 0 Å². The van der Waals surface area contributed by atoms with Gasteiger partial charge >= 0.3 is 5.97 Å². The minimum absolute atomic E-state index is 0.00364. The van der Waals surface area contributed by atoms with E-state index in [4.69, 9.17) is 14.7 Å². The Balaban J connectivity index is 1.72. The van der Waals surface area contributed by atoms with Crippen molar-refractivity contribution in [2.24, 2.45) is 5.92 Å². The maximum atomic E-state index is 11.8. The van der Waals surface area contributed by atoms with Crippen molar-refractivity contribution in [1.29, 1.82) is 5.26 Å². The third kappa shape index (κ3) is 5.26. The van der Waals surface area contributed by atoms with Crippen LogP contribution in [0.2, 0.25) is 0 Å². The number of likely N-dealkylation sites (tertiary alicyclic amines) is 1. The molecule has 124 valence electrons. The first-order valence-electron chi connectivity index (χ1n) is 8.25. The summed E-state index contributed by atoms with van der Waals surface area (Å²) < 4.78 is 10.8. The average Bonchev–Trinajstić information content (AvgIpc) is 2.59. The second-order valence-electron chi connectivity index (χ2n) is 5.70. The number of ether oxygens (including phenoxy) is 2. The first-order valence-corrected chi connectivity index (χ1v) is 8.25. The van der Waals surface area contributed by atoms with Crippen LogP contribution in [0.1, 0.15) is 31.7 Å². The van der Waals surface area contributed by atoms with Crippen LogP contribution in [0.25, 0.3) is 0 Å². The summed E-state index contributed by atoms with van der Waals surface area (Å²) in [5.74, 6) is 0.568. The molecule has 0 amide bonds. The first kappa shape index (κ1) is 17.3. The Morgan fingerprint density at radius 2 is 2.26 bits per heavy atom. The summed E-state index contributed by atoms with van der Waals surface area (Å²) in [5, 5.41) is 9.02. The molecule has 0 bridgehead atoms. The molecule has 0 spiro atoms. The number of carbonyl (C=O) groups is 1. The van der Waals surface area contributed by atoms with Crippen LogP contribution in [0.15, 0.2) is 24.3 Å². The number of piperidine rings is 1. The van der Waals surface area contributed by atoms with Crippen molar-refractivity contribution in [2.75, 3.05) is 32.8 Å². The lowest BCUT2D eigenvalue weighted by atomic mass is 9.98. The number of hydrogen-bond donors (Lipinski definition) is 0. The van der Waals surface area contributed by atoms with E-state index in [1.165, 1.54) is 0 Å². The van der Waals surface area contributed by atoms with Gasteiger partial charge in [-0.2, -0.15) is 5.26 Å². The minimum Gasteiger partial charge on any atom is -0.492 e. The zero-order valence-electron chi connectivity index (χ0n) is 13.7. The van der Waals surface area contributed by atoms with Gasteiger partial charge in [0, 0.05) is 13.1 Å². The Hall–Kier alpha value is -2.06. The van der Waals surface area contributed by atoms with Gasteiger partial charge in [0.05, 0.1) is 24.7 Å². The Kier molecular flexibility index (Phi) is 6.89. The van der Waals surface area contributed by atoms with E-state index in [1.807, 2.05) is 25.1 Å². The maximum Gasteiger partial charge on any atom is 0.310 e. The highest BCUT2D eigenvalue weighted by atomic mass is 16.5. The van der Waals surface area contributed by atoms with Gasteiger partial charge in [-0.25, -0.2) is 0 Å². The van der Waals surface area contributed by atoms with Crippen LogP contribution >= 0.6 is 0 Å². The van der Waals surface area contributed by atoms with Crippen LogP contribution in [0.5, 0.6) is 5.75 Å². The summed E-state index contributed by atoms with van der Waals surface area (Å²) in [7, 11) is 0. The zero-order chi connectivity index (χ0) is 16.5. The van der Waals surface area contributed by atoms with Gasteiger partial charge < -0.3 is 14.4 Å². The monoisotopic (exact) mass is 316 g/mol. The van der Waals surface area contributed by atoms with Gasteiger partial charge in [0.1, 0.15) is 11.8 Å². The molecule has 1 saturated heterocycles. The van der Waals surface area contributed by atoms with E-state index in [1.54, 1.807) is 6.07 Å². The van der Waals surface area contributed by atoms with Crippen LogP contribution in [0, 0.1) is 17.2 Å². The molecule has 2 rings (SSSR count). The summed E-state index contributed by atoms with van der Waals surface area (Å²) in [6.07, 6.45) is 2.82. The van der Waals surface area contributed by atoms with E-state index >= 15 is 0 Å². The molecule has 23 heavy (non-hydrogen) atoms. The summed E-state index contributed by atoms with van der Waals surface area (Å²) >= 11 is 0. The fourth-order valence-corrected chi connectivity index (χ4v) is 2.87. The highest BCUT2D eigenvalue weighted by Crippen LogP contribution is 2.19. The van der Waals surface area contributed by atoms with Crippen LogP contribution in [-0.2, 0) is 9.53 Å². The molecule has 1 heterocycles. The van der Waals surface area contributed by atoms with Crippen LogP contribution in [-0.4, -0.2) is 43.7 Å². The molecular weight excluding hydrogens is 292 g/mol. The smallest absolute Gasteiger partial charge is 0.310 e. The fourth-order valence-electron chi connectivity index (χ4n) is 2.87. The quantitative estimate of drug-likeness (QED) is 0.571. The van der Waals surface area contributed by atoms with Crippen molar-refractivity contribution in [1.82, 2.24) is 4.90 Å². The molecule has 1 unspecified atom stereocenters. The molecule has 1 aliphatic rings. The first-order chi connectivity index (χ1) is 11.2. The van der Waals surface area contributed by atoms with Gasteiger partial charge in [-0.15, -0.1) is 0 Å². The van der Waals surface area contributed by atoms with Crippen molar-refractivity contribution >= 4 is 5.97 Å². The fraction of sp³-hybridized carbons (Fsp3) is 0.556. The summed E-state index contributed by atoms with van der Waals surface area (Å²) in [4.78, 5) is 14.1. The lowest BCUT2D eigenvalue weighted by Crippen LogP contribution is -2.40. The van der Waals surface area contributed by atoms with Gasteiger partial charge in [-0.3, -0.25) is 4.79 Å². The number of esters is 1. The third-order valence-corrected chi connectivity index (χ3v) is 4.01. The predicted molar refractivity (Wildman–Crippen MR) is 87.1 cm³/mol. The molecule has 1 aromatic carbocycles. The molecule has 1 fully saturated rings. The zero-order valence-corrected chi connectivity index (χ0v) is 13.7. The van der Waals surface area contributed by atoms with Crippen LogP contribution < -0.4 is 4.74 Å². The number of carbonyl (C=O) groups excluding carboxylic acids is 1. The van der Waals surface area contributed by atoms with E-state index in [9.17, 15) is 4.79 Å². The molecular formula is C18H24N2O3. The molecule has 0 saturated carbocycles. The molecule has 5 heteroatoms. The highest BCUT2D eigenvalue weighted by Gasteiger charge is 2.26. The summed E-state index contributed by atoms with van der Waals surface area (Å²) in [6.45, 7) is 5.54. The molecule has 0 radical (unpaired) electrons. The number of nitriles is 1. The Morgan fingerprint density at radius 3 is 3.04 bits per heavy atom. The molecule has 0 N–H and O–H groups in total. The number of benzene rings is 1. The lowest BCUT2D eigenvalue weighted by molar-refractivity contribution is -0.149. The molecule has 0 aliphatic carbocycles. The number of nitrogens with zero attached hydrogens (tertiary/aromatic N) is 2. The summed E-state index contributed by atoms with van der Waals surface area (Å²) in [5.41, 5.74) is 0.563. The number of hydrogen-bond acceptors (Lipinski definition) is 5. The summed E-state index contributed by atoms with van der Waals surface area (Å²) in [6, 6.07) is 9.39. The van der Waals surface area contributed by atoms with E-state index in [2.05, 4.69) is 11.0 Å². The van der Waals surface area contributed by atoms with Crippen LogP contribution in [0.4, 0.5) is 0 Å². The number of rotatable bonds is 7. The van der Waals surface area contributed by atoms with Crippen molar-refractivity contribution in [3.05, 3.63) is 29.8 Å². The molecule has 1 atom stereocenters. The van der Waals surface area contributed by atoms with Gasteiger partial charge in [-0.1, -0.05) is 12.1 Å². The normalized spacial score (nSPS) is 18.2. The number of para-hydroxylation sites is 1. The molecule has 1 aromatic rings. The lowest BCUT2D eigenvalue weighted by Gasteiger charge is -2.31. The topological polar surface area (TPSA) is 62.6 Å². The Labute approximate surface area is 137 Å². The van der Waals surface area contributed by atoms with E-state index in [-0.39, 0.29) is 11.9 Å². The van der Waals surface area contributed by atoms with E-state index < -0.39 is 0 Å². The predicted octanol–water partition coefficient (Wildman–Crippen LogP) is 2.60. The van der Waals surface area contributed by atoms with Gasteiger partial charge in [-0.05, 0) is 44.9 Å². The Morgan fingerprint density at radius 1 is 1.43 bits per heavy atom. The van der Waals surface area contributed by atoms with E-state index in [0.717, 1.165) is 38.9 Å². The minimum atomic E-state index is -0.0728. The molecule has 1 aliphatic heterocycles. The average molecular weight is 316 g/mol. The Bertz CT molecular complexity index is 553.